The zero-order valence-electron chi connectivity index (χ0n) is 19.6. The van der Waals surface area contributed by atoms with Crippen molar-refractivity contribution in [3.63, 3.8) is 0 Å². The number of thiophene rings is 1. The van der Waals surface area contributed by atoms with Crippen molar-refractivity contribution in [3.05, 3.63) is 52.9 Å². The number of rotatable bonds is 5. The zero-order valence-corrected chi connectivity index (χ0v) is 22.0. The number of alkyl halides is 3. The van der Waals surface area contributed by atoms with Crippen molar-refractivity contribution in [2.45, 2.75) is 35.7 Å². The number of nitrogens with zero attached hydrogens (tertiary/aromatic N) is 2. The van der Waals surface area contributed by atoms with E-state index in [0.29, 0.717) is 12.5 Å². The van der Waals surface area contributed by atoms with E-state index >= 15 is 0 Å². The fraction of sp³-hybridized carbons (Fsp3) is 0.522. The van der Waals surface area contributed by atoms with Crippen LogP contribution in [-0.4, -0.2) is 71.5 Å². The molecule has 12 heteroatoms. The number of thioether (sulfide) groups is 1. The van der Waals surface area contributed by atoms with Gasteiger partial charge < -0.3 is 15.6 Å². The minimum absolute atomic E-state index is 0.672. The standard InChI is InChI=1S/C15H22N2OS.C6H9NS2.C2HF3O2/c1-2-5-14(6-3-1)15-7-4-8-17(13-15)19-16-9-11-18-12-10-16;1-8-6-3-2-5(4-7)9-6;3-2(4,5)1(6)7/h1-3,5-6,15H,4,7-13H2;2-3H,4,7H2,1H3;(H,6,7). The number of piperidine rings is 1. The van der Waals surface area contributed by atoms with Gasteiger partial charge in [-0.15, -0.1) is 23.1 Å². The van der Waals surface area contributed by atoms with Crippen LogP contribution in [0, 0.1) is 0 Å². The molecule has 0 spiro atoms. The molecule has 0 saturated carbocycles. The van der Waals surface area contributed by atoms with Gasteiger partial charge in [-0.1, -0.05) is 30.3 Å². The van der Waals surface area contributed by atoms with E-state index in [1.807, 2.05) is 12.1 Å². The Hall–Kier alpha value is -1.28. The highest BCUT2D eigenvalue weighted by Crippen LogP contribution is 2.31. The Kier molecular flexibility index (Phi) is 13.5. The molecule has 1 aromatic heterocycles. The smallest absolute Gasteiger partial charge is 0.475 e. The number of carboxylic acid groups (broad SMARTS) is 1. The maximum absolute atomic E-state index is 10.6. The second-order valence-electron chi connectivity index (χ2n) is 7.69. The van der Waals surface area contributed by atoms with E-state index in [2.05, 4.69) is 57.3 Å². The molecule has 2 aliphatic heterocycles. The van der Waals surface area contributed by atoms with E-state index in [1.165, 1.54) is 40.6 Å². The molecule has 1 aromatic carbocycles. The summed E-state index contributed by atoms with van der Waals surface area (Å²) in [6, 6.07) is 15.1. The summed E-state index contributed by atoms with van der Waals surface area (Å²) in [5, 5.41) is 7.12. The topological polar surface area (TPSA) is 79.0 Å². The van der Waals surface area contributed by atoms with E-state index < -0.39 is 12.1 Å². The summed E-state index contributed by atoms with van der Waals surface area (Å²) < 4.78 is 43.5. The van der Waals surface area contributed by atoms with E-state index in [-0.39, 0.29) is 0 Å². The molecule has 0 amide bonds. The molecule has 3 N–H and O–H groups in total. The van der Waals surface area contributed by atoms with Crippen LogP contribution in [0.25, 0.3) is 0 Å². The van der Waals surface area contributed by atoms with Gasteiger partial charge in [0.1, 0.15) is 0 Å². The van der Waals surface area contributed by atoms with Crippen molar-refractivity contribution in [2.24, 2.45) is 5.73 Å². The molecule has 2 aliphatic rings. The normalized spacial score (nSPS) is 19.2. The number of halogens is 3. The van der Waals surface area contributed by atoms with Crippen LogP contribution in [0.2, 0.25) is 0 Å². The van der Waals surface area contributed by atoms with E-state index in [4.69, 9.17) is 20.4 Å². The highest BCUT2D eigenvalue weighted by molar-refractivity contribution is 8.00. The molecule has 0 bridgehead atoms. The Morgan fingerprint density at radius 2 is 1.80 bits per heavy atom. The Morgan fingerprint density at radius 3 is 2.31 bits per heavy atom. The molecule has 1 unspecified atom stereocenters. The van der Waals surface area contributed by atoms with Crippen molar-refractivity contribution in [2.75, 3.05) is 45.6 Å². The van der Waals surface area contributed by atoms with Gasteiger partial charge in [0.25, 0.3) is 0 Å². The third-order valence-corrected chi connectivity index (χ3v) is 8.49. The monoisotopic (exact) mass is 551 g/mol. The Bertz CT molecular complexity index is 847. The van der Waals surface area contributed by atoms with Crippen LogP contribution in [0.3, 0.4) is 0 Å². The van der Waals surface area contributed by atoms with Crippen LogP contribution in [0.5, 0.6) is 0 Å². The zero-order chi connectivity index (χ0) is 25.7. The van der Waals surface area contributed by atoms with Crippen molar-refractivity contribution >= 4 is 41.2 Å². The molecule has 3 heterocycles. The molecule has 2 fully saturated rings. The number of nitrogens with two attached hydrogens (primary N) is 1. The summed E-state index contributed by atoms with van der Waals surface area (Å²) in [6.45, 7) is 6.92. The Balaban J connectivity index is 0.000000225. The van der Waals surface area contributed by atoms with Crippen LogP contribution in [0.4, 0.5) is 13.2 Å². The average molecular weight is 552 g/mol. The molecular formula is C23H32F3N3O3S3. The van der Waals surface area contributed by atoms with E-state index in [0.717, 1.165) is 26.3 Å². The molecule has 4 rings (SSSR count). The van der Waals surface area contributed by atoms with Crippen molar-refractivity contribution in [3.8, 4) is 0 Å². The summed E-state index contributed by atoms with van der Waals surface area (Å²) >= 11 is 5.47. The SMILES string of the molecule is CSc1ccc(CN)s1.O=C(O)C(F)(F)F.c1ccc(C2CCCN(SN3CCOCC3)C2)cc1. The lowest BCUT2D eigenvalue weighted by atomic mass is 9.92. The highest BCUT2D eigenvalue weighted by Gasteiger charge is 2.38. The number of carbonyl (C=O) groups is 1. The second-order valence-corrected chi connectivity index (χ2v) is 11.2. The minimum atomic E-state index is -5.08. The number of ether oxygens (including phenoxy) is 1. The molecule has 6 nitrogen and oxygen atoms in total. The molecule has 2 saturated heterocycles. The average Bonchev–Trinajstić information content (AvgIpc) is 3.34. The summed E-state index contributed by atoms with van der Waals surface area (Å²) in [4.78, 5) is 10.2. The van der Waals surface area contributed by atoms with Gasteiger partial charge in [-0.3, -0.25) is 0 Å². The molecule has 196 valence electrons. The number of benzene rings is 1. The number of aliphatic carboxylic acids is 1. The van der Waals surface area contributed by atoms with Gasteiger partial charge in [0.15, 0.2) is 0 Å². The number of hydrogen-bond donors (Lipinski definition) is 2. The van der Waals surface area contributed by atoms with E-state index in [9.17, 15) is 13.2 Å². The lowest BCUT2D eigenvalue weighted by molar-refractivity contribution is -0.192. The summed E-state index contributed by atoms with van der Waals surface area (Å²) in [7, 11) is 0. The summed E-state index contributed by atoms with van der Waals surface area (Å²) in [6.07, 6.45) is -0.382. The quantitative estimate of drug-likeness (QED) is 0.382. The van der Waals surface area contributed by atoms with Crippen LogP contribution < -0.4 is 5.73 Å². The molecule has 35 heavy (non-hydrogen) atoms. The van der Waals surface area contributed by atoms with Crippen LogP contribution >= 0.6 is 35.2 Å². The van der Waals surface area contributed by atoms with Gasteiger partial charge in [0, 0.05) is 49.7 Å². The predicted molar refractivity (Wildman–Crippen MR) is 138 cm³/mol. The largest absolute Gasteiger partial charge is 0.490 e. The van der Waals surface area contributed by atoms with Crippen molar-refractivity contribution in [1.29, 1.82) is 0 Å². The Labute approximate surface area is 217 Å². The fourth-order valence-electron chi connectivity index (χ4n) is 3.38. The lowest BCUT2D eigenvalue weighted by Crippen LogP contribution is -2.37. The molecule has 2 aromatic rings. The van der Waals surface area contributed by atoms with Crippen LogP contribution in [-0.2, 0) is 16.1 Å². The highest BCUT2D eigenvalue weighted by atomic mass is 32.2. The van der Waals surface area contributed by atoms with Crippen LogP contribution in [0.15, 0.2) is 46.7 Å². The third kappa shape index (κ3) is 11.5. The van der Waals surface area contributed by atoms with Crippen LogP contribution in [0.1, 0.15) is 29.2 Å². The first-order chi connectivity index (χ1) is 16.7. The third-order valence-electron chi connectivity index (χ3n) is 5.14. The fourth-order valence-corrected chi connectivity index (χ4v) is 5.95. The maximum Gasteiger partial charge on any atom is 0.490 e. The lowest BCUT2D eigenvalue weighted by Gasteiger charge is -2.36. The molecule has 0 radical (unpaired) electrons. The molecule has 1 atom stereocenters. The Morgan fingerprint density at radius 1 is 1.14 bits per heavy atom. The number of hydrogen-bond acceptors (Lipinski definition) is 8. The number of carboxylic acids is 1. The minimum Gasteiger partial charge on any atom is -0.475 e. The first kappa shape index (κ1) is 29.9. The van der Waals surface area contributed by atoms with Gasteiger partial charge in [0.2, 0.25) is 0 Å². The van der Waals surface area contributed by atoms with Gasteiger partial charge >= 0.3 is 12.1 Å². The van der Waals surface area contributed by atoms with Crippen molar-refractivity contribution in [1.82, 2.24) is 8.61 Å². The van der Waals surface area contributed by atoms with Gasteiger partial charge in [0.05, 0.1) is 17.4 Å². The molecular weight excluding hydrogens is 519 g/mol. The van der Waals surface area contributed by atoms with Gasteiger partial charge in [-0.25, -0.2) is 13.4 Å². The first-order valence-corrected chi connectivity index (χ1v) is 13.9. The van der Waals surface area contributed by atoms with Gasteiger partial charge in [-0.05, 0) is 42.7 Å². The van der Waals surface area contributed by atoms with Crippen molar-refractivity contribution < 1.29 is 27.8 Å². The maximum atomic E-state index is 10.6. The van der Waals surface area contributed by atoms with Gasteiger partial charge in [-0.2, -0.15) is 13.2 Å². The van der Waals surface area contributed by atoms with E-state index in [1.54, 1.807) is 23.1 Å². The second kappa shape index (κ2) is 15.7. The number of morpholine rings is 1. The summed E-state index contributed by atoms with van der Waals surface area (Å²) in [5.74, 6) is -2.06. The summed E-state index contributed by atoms with van der Waals surface area (Å²) in [5.41, 5.74) is 6.91. The molecule has 0 aliphatic carbocycles. The predicted octanol–water partition coefficient (Wildman–Crippen LogP) is 5.32. The first-order valence-electron chi connectivity index (χ1n) is 11.2.